The van der Waals surface area contributed by atoms with Crippen molar-refractivity contribution in [2.75, 3.05) is 38.7 Å². The van der Waals surface area contributed by atoms with Crippen LogP contribution in [0.4, 0.5) is 0 Å². The molecule has 0 aliphatic carbocycles. The number of aliphatic hydroxyl groups excluding tert-OH is 2. The number of halogens is 1. The first-order valence-electron chi connectivity index (χ1n) is 11.9. The lowest BCUT2D eigenvalue weighted by Gasteiger charge is -2.28. The number of rotatable bonds is 11. The molecule has 0 spiro atoms. The number of likely N-dealkylation sites (tertiary alicyclic amines) is 1. The summed E-state index contributed by atoms with van der Waals surface area (Å²) in [6, 6.07) is 14.3. The van der Waals surface area contributed by atoms with Crippen LogP contribution >= 0.6 is 11.6 Å². The maximum Gasteiger partial charge on any atom is 0.122 e. The fourth-order valence-corrected chi connectivity index (χ4v) is 4.34. The van der Waals surface area contributed by atoms with Gasteiger partial charge in [-0.2, -0.15) is 0 Å². The molecule has 0 aromatic heterocycles. The number of aliphatic hydroxyl groups is 2. The van der Waals surface area contributed by atoms with Gasteiger partial charge in [0.2, 0.25) is 0 Å². The van der Waals surface area contributed by atoms with Crippen LogP contribution in [0.1, 0.15) is 49.8 Å². The van der Waals surface area contributed by atoms with Crippen molar-refractivity contribution in [3.05, 3.63) is 59.2 Å². The lowest BCUT2D eigenvalue weighted by Crippen LogP contribution is -2.38. The minimum Gasteiger partial charge on any atom is -0.491 e. The minimum absolute atomic E-state index is 0.154. The quantitative estimate of drug-likeness (QED) is 0.468. The molecule has 1 aliphatic rings. The van der Waals surface area contributed by atoms with Crippen LogP contribution in [0.2, 0.25) is 0 Å². The fraction of sp³-hybridized carbons (Fsp3) is 0.556. The van der Waals surface area contributed by atoms with E-state index < -0.39 is 12.2 Å². The van der Waals surface area contributed by atoms with Crippen LogP contribution in [0.5, 0.6) is 11.5 Å². The Hall–Kier alpha value is -1.79. The number of hydrogen-bond donors (Lipinski definition) is 2. The second kappa shape index (κ2) is 12.1. The Labute approximate surface area is 203 Å². The molecule has 0 unspecified atom stereocenters. The van der Waals surface area contributed by atoms with Gasteiger partial charge in [0.25, 0.3) is 0 Å². The van der Waals surface area contributed by atoms with Gasteiger partial charge < -0.3 is 24.6 Å². The second-order valence-electron chi connectivity index (χ2n) is 9.57. The minimum atomic E-state index is -0.672. The van der Waals surface area contributed by atoms with E-state index in [4.69, 9.17) is 21.1 Å². The summed E-state index contributed by atoms with van der Waals surface area (Å²) in [4.78, 5) is 2.32. The van der Waals surface area contributed by atoms with Crippen molar-refractivity contribution in [3.8, 4) is 11.5 Å². The van der Waals surface area contributed by atoms with E-state index in [0.717, 1.165) is 30.2 Å². The lowest BCUT2D eigenvalue weighted by atomic mass is 9.77. The first-order chi connectivity index (χ1) is 15.8. The molecule has 33 heavy (non-hydrogen) atoms. The average molecular weight is 476 g/mol. The Morgan fingerprint density at radius 3 is 2.18 bits per heavy atom. The summed E-state index contributed by atoms with van der Waals surface area (Å²) in [5, 5.41) is 20.0. The van der Waals surface area contributed by atoms with Gasteiger partial charge in [0.15, 0.2) is 0 Å². The predicted molar refractivity (Wildman–Crippen MR) is 134 cm³/mol. The van der Waals surface area contributed by atoms with Gasteiger partial charge in [-0.05, 0) is 67.7 Å². The fourth-order valence-electron chi connectivity index (χ4n) is 4.25. The number of alkyl halides is 1. The number of nitrogens with zero attached hydrogens (tertiary/aromatic N) is 1. The van der Waals surface area contributed by atoms with E-state index in [2.05, 4.69) is 43.0 Å². The van der Waals surface area contributed by atoms with Gasteiger partial charge in [0.1, 0.15) is 36.9 Å². The Balaban J connectivity index is 1.57. The number of β-amino-alcohol motifs (C(OH)–C–C–N with tert-alkyl or cyclic N) is 1. The maximum atomic E-state index is 10.3. The molecule has 2 aromatic rings. The highest BCUT2D eigenvalue weighted by atomic mass is 35.5. The molecule has 0 saturated carbocycles. The molecule has 6 heteroatoms. The van der Waals surface area contributed by atoms with Crippen molar-refractivity contribution >= 4 is 11.6 Å². The van der Waals surface area contributed by atoms with Crippen molar-refractivity contribution in [2.45, 2.75) is 57.7 Å². The molecular weight excluding hydrogens is 438 g/mol. The molecule has 1 aliphatic heterocycles. The molecule has 1 heterocycles. The van der Waals surface area contributed by atoms with Crippen molar-refractivity contribution in [1.29, 1.82) is 0 Å². The molecule has 0 radical (unpaired) electrons. The monoisotopic (exact) mass is 475 g/mol. The smallest absolute Gasteiger partial charge is 0.122 e. The Kier molecular flexibility index (Phi) is 9.45. The molecule has 1 saturated heterocycles. The zero-order chi connectivity index (χ0) is 23.8. The van der Waals surface area contributed by atoms with Crippen molar-refractivity contribution in [2.24, 2.45) is 0 Å². The average Bonchev–Trinajstić information content (AvgIpc) is 2.82. The van der Waals surface area contributed by atoms with E-state index in [1.807, 2.05) is 25.1 Å². The zero-order valence-corrected chi connectivity index (χ0v) is 20.9. The Morgan fingerprint density at radius 1 is 0.909 bits per heavy atom. The highest BCUT2D eigenvalue weighted by Crippen LogP contribution is 2.34. The van der Waals surface area contributed by atoms with Crippen molar-refractivity contribution in [1.82, 2.24) is 4.90 Å². The first kappa shape index (κ1) is 25.8. The second-order valence-corrected chi connectivity index (χ2v) is 9.88. The molecule has 0 amide bonds. The van der Waals surface area contributed by atoms with Crippen LogP contribution < -0.4 is 9.47 Å². The van der Waals surface area contributed by atoms with Crippen LogP contribution in [0.25, 0.3) is 0 Å². The van der Waals surface area contributed by atoms with E-state index in [9.17, 15) is 10.2 Å². The Morgan fingerprint density at radius 2 is 1.55 bits per heavy atom. The molecule has 3 rings (SSSR count). The van der Waals surface area contributed by atoms with Crippen LogP contribution in [-0.2, 0) is 5.41 Å². The number of piperidine rings is 1. The third kappa shape index (κ3) is 7.35. The van der Waals surface area contributed by atoms with E-state index in [0.29, 0.717) is 13.2 Å². The SMILES string of the molecule is Cc1cc(C(C)(C)c2ccc(OC[C@H](O)CN3CCCCC3)cc2)ccc1OC[C@@H](O)CCl. The van der Waals surface area contributed by atoms with Crippen molar-refractivity contribution < 1.29 is 19.7 Å². The number of hydrogen-bond acceptors (Lipinski definition) is 5. The van der Waals surface area contributed by atoms with Crippen LogP contribution in [0.3, 0.4) is 0 Å². The molecule has 1 fully saturated rings. The van der Waals surface area contributed by atoms with Gasteiger partial charge in [0.05, 0.1) is 5.88 Å². The maximum absolute atomic E-state index is 10.3. The highest BCUT2D eigenvalue weighted by molar-refractivity contribution is 6.18. The predicted octanol–water partition coefficient (Wildman–Crippen LogP) is 4.53. The molecule has 0 bridgehead atoms. The van der Waals surface area contributed by atoms with E-state index in [-0.39, 0.29) is 17.9 Å². The van der Waals surface area contributed by atoms with Crippen LogP contribution in [-0.4, -0.2) is 66.0 Å². The van der Waals surface area contributed by atoms with E-state index in [1.165, 1.54) is 30.4 Å². The molecular formula is C27H38ClNO4. The Bertz CT molecular complexity index is 865. The molecule has 182 valence electrons. The van der Waals surface area contributed by atoms with Crippen LogP contribution in [0, 0.1) is 6.92 Å². The molecule has 2 aromatic carbocycles. The molecule has 2 N–H and O–H groups in total. The van der Waals surface area contributed by atoms with E-state index in [1.54, 1.807) is 0 Å². The summed E-state index contributed by atoms with van der Waals surface area (Å²) in [6.45, 7) is 9.70. The third-order valence-corrected chi connectivity index (χ3v) is 6.80. The topological polar surface area (TPSA) is 62.2 Å². The third-order valence-electron chi connectivity index (χ3n) is 6.44. The summed E-state index contributed by atoms with van der Waals surface area (Å²) in [7, 11) is 0. The van der Waals surface area contributed by atoms with Gasteiger partial charge in [-0.25, -0.2) is 0 Å². The normalized spacial score (nSPS) is 16.9. The highest BCUT2D eigenvalue weighted by Gasteiger charge is 2.24. The summed E-state index contributed by atoms with van der Waals surface area (Å²) in [5.74, 6) is 1.68. The first-order valence-corrected chi connectivity index (χ1v) is 12.4. The summed E-state index contributed by atoms with van der Waals surface area (Å²) < 4.78 is 11.5. The van der Waals surface area contributed by atoms with E-state index >= 15 is 0 Å². The summed E-state index contributed by atoms with van der Waals surface area (Å²) in [5.41, 5.74) is 3.17. The van der Waals surface area contributed by atoms with Gasteiger partial charge in [-0.3, -0.25) is 0 Å². The summed E-state index contributed by atoms with van der Waals surface area (Å²) >= 11 is 5.64. The van der Waals surface area contributed by atoms with Gasteiger partial charge in [-0.1, -0.05) is 44.5 Å². The lowest BCUT2D eigenvalue weighted by molar-refractivity contribution is 0.0617. The standard InChI is InChI=1S/C27H38ClNO4/c1-20-15-22(9-12-26(20)33-18-23(30)16-28)27(2,3)21-7-10-25(11-8-21)32-19-24(31)17-29-13-5-4-6-14-29/h7-12,15,23-24,30-31H,4-6,13-14,16-19H2,1-3H3/t23-,24+/m0/s1. The summed E-state index contributed by atoms with van der Waals surface area (Å²) in [6.07, 6.45) is 2.58. The van der Waals surface area contributed by atoms with Crippen molar-refractivity contribution in [3.63, 3.8) is 0 Å². The van der Waals surface area contributed by atoms with Gasteiger partial charge >= 0.3 is 0 Å². The number of benzene rings is 2. The number of ether oxygens (including phenoxy) is 2. The number of aryl methyl sites for hydroxylation is 1. The van der Waals surface area contributed by atoms with Crippen LogP contribution in [0.15, 0.2) is 42.5 Å². The zero-order valence-electron chi connectivity index (χ0n) is 20.1. The van der Waals surface area contributed by atoms with Gasteiger partial charge in [-0.15, -0.1) is 11.6 Å². The van der Waals surface area contributed by atoms with Gasteiger partial charge in [0, 0.05) is 12.0 Å². The largest absolute Gasteiger partial charge is 0.491 e. The molecule has 5 nitrogen and oxygen atoms in total. The molecule has 2 atom stereocenters.